The highest BCUT2D eigenvalue weighted by Crippen LogP contribution is 2.29. The van der Waals surface area contributed by atoms with Gasteiger partial charge in [0, 0.05) is 32.4 Å². The minimum absolute atomic E-state index is 0.0634. The molecule has 1 N–H and O–H groups in total. The third kappa shape index (κ3) is 3.18. The Morgan fingerprint density at radius 2 is 1.72 bits per heavy atom. The fraction of sp³-hybridized carbons (Fsp3) is 0.400. The molecule has 5 heteroatoms. The van der Waals surface area contributed by atoms with Gasteiger partial charge in [0.15, 0.2) is 0 Å². The zero-order valence-corrected chi connectivity index (χ0v) is 14.3. The highest BCUT2D eigenvalue weighted by molar-refractivity contribution is 5.97. The average molecular weight is 337 g/mol. The maximum atomic E-state index is 12.9. The smallest absolute Gasteiger partial charge is 0.257 e. The molecular formula is C20H23N3O2. The lowest BCUT2D eigenvalue weighted by Crippen LogP contribution is -2.49. The fourth-order valence-corrected chi connectivity index (χ4v) is 3.79. The first kappa shape index (κ1) is 15.9. The lowest BCUT2D eigenvalue weighted by molar-refractivity contribution is 0.0743. The molecular weight excluding hydrogens is 314 g/mol. The third-order valence-electron chi connectivity index (χ3n) is 5.23. The average Bonchev–Trinajstić information content (AvgIpc) is 2.68. The van der Waals surface area contributed by atoms with Gasteiger partial charge in [-0.25, -0.2) is 4.98 Å². The van der Waals surface area contributed by atoms with E-state index in [9.17, 15) is 9.90 Å². The zero-order valence-electron chi connectivity index (χ0n) is 14.3. The Morgan fingerprint density at radius 3 is 2.40 bits per heavy atom. The van der Waals surface area contributed by atoms with Crippen LogP contribution in [0.2, 0.25) is 0 Å². The van der Waals surface area contributed by atoms with Crippen molar-refractivity contribution in [3.05, 3.63) is 53.2 Å². The van der Waals surface area contributed by atoms with Gasteiger partial charge in [-0.1, -0.05) is 6.07 Å². The number of hydrogen-bond acceptors (Lipinski definition) is 4. The minimum atomic E-state index is -0.0634. The van der Waals surface area contributed by atoms with Crippen molar-refractivity contribution in [3.8, 4) is 5.75 Å². The summed E-state index contributed by atoms with van der Waals surface area (Å²) in [5.74, 6) is 1.01. The van der Waals surface area contributed by atoms with Crippen molar-refractivity contribution in [2.45, 2.75) is 25.7 Å². The molecule has 0 saturated carbocycles. The summed E-state index contributed by atoms with van der Waals surface area (Å²) in [5, 5.41) is 10.3. The normalized spacial score (nSPS) is 17.3. The van der Waals surface area contributed by atoms with E-state index in [4.69, 9.17) is 0 Å². The summed E-state index contributed by atoms with van der Waals surface area (Å²) < 4.78 is 0. The Morgan fingerprint density at radius 1 is 1.00 bits per heavy atom. The summed E-state index contributed by atoms with van der Waals surface area (Å²) in [6, 6.07) is 9.59. The Labute approximate surface area is 147 Å². The van der Waals surface area contributed by atoms with Crippen LogP contribution in [-0.2, 0) is 12.8 Å². The molecule has 1 saturated heterocycles. The number of carbonyl (C=O) groups excluding carboxylic acids is 1. The first-order chi connectivity index (χ1) is 12.2. The van der Waals surface area contributed by atoms with Crippen molar-refractivity contribution in [1.82, 2.24) is 9.88 Å². The molecule has 2 aromatic rings. The van der Waals surface area contributed by atoms with E-state index >= 15 is 0 Å². The second kappa shape index (κ2) is 6.75. The van der Waals surface area contributed by atoms with Gasteiger partial charge in [0.1, 0.15) is 11.6 Å². The van der Waals surface area contributed by atoms with Crippen molar-refractivity contribution in [3.63, 3.8) is 0 Å². The lowest BCUT2D eigenvalue weighted by atomic mass is 9.89. The van der Waals surface area contributed by atoms with E-state index in [0.717, 1.165) is 44.6 Å². The molecule has 0 spiro atoms. The van der Waals surface area contributed by atoms with E-state index in [1.807, 2.05) is 29.2 Å². The van der Waals surface area contributed by atoms with Gasteiger partial charge in [0.2, 0.25) is 0 Å². The molecule has 1 aromatic heterocycles. The van der Waals surface area contributed by atoms with Crippen LogP contribution in [0, 0.1) is 0 Å². The highest BCUT2D eigenvalue weighted by Gasteiger charge is 2.25. The maximum absolute atomic E-state index is 12.9. The van der Waals surface area contributed by atoms with Gasteiger partial charge in [-0.15, -0.1) is 0 Å². The van der Waals surface area contributed by atoms with Crippen molar-refractivity contribution in [1.29, 1.82) is 0 Å². The highest BCUT2D eigenvalue weighted by atomic mass is 16.3. The van der Waals surface area contributed by atoms with Crippen LogP contribution in [0.3, 0.4) is 0 Å². The number of aromatic nitrogens is 1. The van der Waals surface area contributed by atoms with Gasteiger partial charge in [0.25, 0.3) is 5.91 Å². The second-order valence-electron chi connectivity index (χ2n) is 6.81. The van der Waals surface area contributed by atoms with Crippen LogP contribution in [0.25, 0.3) is 0 Å². The quantitative estimate of drug-likeness (QED) is 0.915. The number of pyridine rings is 1. The Kier molecular flexibility index (Phi) is 4.30. The number of rotatable bonds is 2. The molecule has 1 aliphatic carbocycles. The van der Waals surface area contributed by atoms with Crippen LogP contribution in [0.5, 0.6) is 5.75 Å². The topological polar surface area (TPSA) is 56.7 Å². The molecule has 1 fully saturated rings. The summed E-state index contributed by atoms with van der Waals surface area (Å²) in [5.41, 5.74) is 2.87. The van der Waals surface area contributed by atoms with E-state index in [-0.39, 0.29) is 11.7 Å². The number of anilines is 1. The Hall–Kier alpha value is -2.56. The molecule has 130 valence electrons. The molecule has 4 rings (SSSR count). The van der Waals surface area contributed by atoms with Crippen molar-refractivity contribution >= 4 is 11.7 Å². The molecule has 0 radical (unpaired) electrons. The van der Waals surface area contributed by atoms with Gasteiger partial charge in [-0.05, 0) is 61.1 Å². The maximum Gasteiger partial charge on any atom is 0.257 e. The summed E-state index contributed by atoms with van der Waals surface area (Å²) in [6.07, 6.45) is 6.12. The van der Waals surface area contributed by atoms with Crippen LogP contribution >= 0.6 is 0 Å². The molecule has 0 bridgehead atoms. The number of amides is 1. The first-order valence-electron chi connectivity index (χ1n) is 9.02. The predicted octanol–water partition coefficient (Wildman–Crippen LogP) is 2.63. The fourth-order valence-electron chi connectivity index (χ4n) is 3.79. The van der Waals surface area contributed by atoms with Gasteiger partial charge < -0.3 is 14.9 Å². The van der Waals surface area contributed by atoms with Crippen molar-refractivity contribution in [2.75, 3.05) is 31.1 Å². The number of fused-ring (bicyclic) bond motifs is 1. The number of nitrogens with zero attached hydrogens (tertiary/aromatic N) is 3. The molecule has 2 heterocycles. The zero-order chi connectivity index (χ0) is 17.2. The molecule has 1 aliphatic heterocycles. The first-order valence-corrected chi connectivity index (χ1v) is 9.02. The number of benzene rings is 1. The van der Waals surface area contributed by atoms with Crippen LogP contribution in [0.15, 0.2) is 36.5 Å². The minimum Gasteiger partial charge on any atom is -0.507 e. The lowest BCUT2D eigenvalue weighted by Gasteiger charge is -2.35. The van der Waals surface area contributed by atoms with Crippen LogP contribution in [-0.4, -0.2) is 47.1 Å². The van der Waals surface area contributed by atoms with E-state index < -0.39 is 0 Å². The number of phenolic OH excluding ortho intramolecular Hbond substituents is 1. The van der Waals surface area contributed by atoms with Crippen molar-refractivity contribution < 1.29 is 9.90 Å². The number of carbonyl (C=O) groups is 1. The Bertz CT molecular complexity index is 768. The molecule has 1 aromatic carbocycles. The van der Waals surface area contributed by atoms with Gasteiger partial charge in [-0.3, -0.25) is 4.79 Å². The third-order valence-corrected chi connectivity index (χ3v) is 5.23. The number of aryl methyl sites for hydroxylation is 2. The monoisotopic (exact) mass is 337 g/mol. The predicted molar refractivity (Wildman–Crippen MR) is 97.1 cm³/mol. The van der Waals surface area contributed by atoms with Crippen LogP contribution in [0.4, 0.5) is 5.82 Å². The Balaban J connectivity index is 1.47. The summed E-state index contributed by atoms with van der Waals surface area (Å²) in [7, 11) is 0. The second-order valence-corrected chi connectivity index (χ2v) is 6.81. The molecule has 5 nitrogen and oxygen atoms in total. The van der Waals surface area contributed by atoms with Crippen LogP contribution in [0.1, 0.15) is 34.3 Å². The molecule has 0 atom stereocenters. The largest absolute Gasteiger partial charge is 0.507 e. The summed E-state index contributed by atoms with van der Waals surface area (Å²) in [4.78, 5) is 21.3. The molecule has 25 heavy (non-hydrogen) atoms. The molecule has 0 unspecified atom stereocenters. The van der Waals surface area contributed by atoms with Gasteiger partial charge in [0.05, 0.1) is 5.56 Å². The van der Waals surface area contributed by atoms with E-state index in [1.54, 1.807) is 12.3 Å². The molecule has 2 aliphatic rings. The van der Waals surface area contributed by atoms with E-state index in [0.29, 0.717) is 18.7 Å². The SMILES string of the molecule is O=C(c1cc2c(cc1O)CCCC2)N1CCN(c2ccccn2)CC1. The number of piperazine rings is 1. The van der Waals surface area contributed by atoms with Crippen LogP contribution < -0.4 is 4.90 Å². The standard InChI is InChI=1S/C20H23N3O2/c24-18-14-16-6-2-1-5-15(16)13-17(18)20(25)23-11-9-22(10-12-23)19-7-3-4-8-21-19/h3-4,7-8,13-14,24H,1-2,5-6,9-12H2. The number of phenols is 1. The van der Waals surface area contributed by atoms with Gasteiger partial charge in [-0.2, -0.15) is 0 Å². The summed E-state index contributed by atoms with van der Waals surface area (Å²) in [6.45, 7) is 2.81. The molecule has 1 amide bonds. The van der Waals surface area contributed by atoms with E-state index in [1.165, 1.54) is 11.1 Å². The van der Waals surface area contributed by atoms with Gasteiger partial charge >= 0.3 is 0 Å². The number of hydrogen-bond donors (Lipinski definition) is 1. The summed E-state index contributed by atoms with van der Waals surface area (Å²) >= 11 is 0. The van der Waals surface area contributed by atoms with Crippen molar-refractivity contribution in [2.24, 2.45) is 0 Å². The van der Waals surface area contributed by atoms with E-state index in [2.05, 4.69) is 9.88 Å². The number of aromatic hydroxyl groups is 1.